The zero-order valence-electron chi connectivity index (χ0n) is 20.1. The van der Waals surface area contributed by atoms with Gasteiger partial charge in [-0.05, 0) is 55.5 Å². The van der Waals surface area contributed by atoms with Crippen molar-refractivity contribution < 1.29 is 24.2 Å². The summed E-state index contributed by atoms with van der Waals surface area (Å²) in [7, 11) is 3.58. The number of benzene rings is 2. The molecule has 1 heterocycles. The van der Waals surface area contributed by atoms with Crippen molar-refractivity contribution in [2.45, 2.75) is 44.9 Å². The smallest absolute Gasteiger partial charge is 0.410 e. The molecule has 1 N–H and O–H groups in total. The Labute approximate surface area is 205 Å². The number of rotatable bonds is 8. The van der Waals surface area contributed by atoms with E-state index in [0.717, 1.165) is 35.4 Å². The van der Waals surface area contributed by atoms with E-state index in [4.69, 9.17) is 9.47 Å². The van der Waals surface area contributed by atoms with E-state index < -0.39 is 12.1 Å². The average Bonchev–Trinajstić information content (AvgIpc) is 3.23. The number of hydrogen-bond donors (Lipinski definition) is 1. The molecule has 1 aliphatic carbocycles. The normalized spacial score (nSPS) is 17.5. The lowest BCUT2D eigenvalue weighted by molar-refractivity contribution is -0.143. The number of aryl methyl sites for hydroxylation is 1. The molecule has 0 aliphatic heterocycles. The van der Waals surface area contributed by atoms with E-state index in [1.165, 1.54) is 4.90 Å². The van der Waals surface area contributed by atoms with Crippen LogP contribution in [-0.4, -0.2) is 44.8 Å². The van der Waals surface area contributed by atoms with Gasteiger partial charge in [-0.3, -0.25) is 4.79 Å². The highest BCUT2D eigenvalue weighted by molar-refractivity contribution is 5.70. The minimum absolute atomic E-state index is 0.0894. The van der Waals surface area contributed by atoms with Gasteiger partial charge >= 0.3 is 12.1 Å². The second-order valence-corrected chi connectivity index (χ2v) is 9.01. The summed E-state index contributed by atoms with van der Waals surface area (Å²) in [6, 6.07) is 17.3. The van der Waals surface area contributed by atoms with Gasteiger partial charge in [0.25, 0.3) is 0 Å². The second-order valence-electron chi connectivity index (χ2n) is 9.01. The van der Waals surface area contributed by atoms with Gasteiger partial charge in [0.05, 0.1) is 29.7 Å². The lowest BCUT2D eigenvalue weighted by Gasteiger charge is -2.27. The summed E-state index contributed by atoms with van der Waals surface area (Å²) in [4.78, 5) is 29.9. The van der Waals surface area contributed by atoms with Crippen molar-refractivity contribution in [2.75, 3.05) is 7.05 Å². The molecule has 1 amide bonds. The van der Waals surface area contributed by atoms with Gasteiger partial charge in [0.2, 0.25) is 0 Å². The number of carboxylic acids is 1. The quantitative estimate of drug-likeness (QED) is 0.497. The number of aliphatic carboxylic acids is 1. The number of imidazole rings is 1. The Balaban J connectivity index is 1.37. The zero-order chi connectivity index (χ0) is 24.8. The van der Waals surface area contributed by atoms with Crippen molar-refractivity contribution in [1.82, 2.24) is 14.5 Å². The van der Waals surface area contributed by atoms with Crippen molar-refractivity contribution in [3.63, 3.8) is 0 Å². The molecule has 0 bridgehead atoms. The van der Waals surface area contributed by atoms with Crippen LogP contribution in [0.25, 0.3) is 11.3 Å². The van der Waals surface area contributed by atoms with Crippen molar-refractivity contribution in [2.24, 2.45) is 13.0 Å². The SMILES string of the molecule is CN(Cc1ccccc1)C(=O)OCc1c(-c2ccc(OC3CCC[C@H](C(=O)O)C3)cc2)ncn1C. The van der Waals surface area contributed by atoms with Crippen LogP contribution in [0, 0.1) is 5.92 Å². The highest BCUT2D eigenvalue weighted by atomic mass is 16.6. The predicted molar refractivity (Wildman–Crippen MR) is 131 cm³/mol. The molecular weight excluding hydrogens is 446 g/mol. The first kappa shape index (κ1) is 24.3. The molecule has 8 heteroatoms. The Morgan fingerprint density at radius 3 is 2.57 bits per heavy atom. The van der Waals surface area contributed by atoms with E-state index in [0.29, 0.717) is 25.1 Å². The van der Waals surface area contributed by atoms with Crippen molar-refractivity contribution in [3.05, 3.63) is 72.2 Å². The Morgan fingerprint density at radius 2 is 1.86 bits per heavy atom. The van der Waals surface area contributed by atoms with Crippen molar-refractivity contribution in [3.8, 4) is 17.0 Å². The topological polar surface area (TPSA) is 93.9 Å². The molecule has 8 nitrogen and oxygen atoms in total. The van der Waals surface area contributed by atoms with Crippen LogP contribution in [0.2, 0.25) is 0 Å². The first-order valence-corrected chi connectivity index (χ1v) is 11.8. The number of carbonyl (C=O) groups is 2. The third kappa shape index (κ3) is 6.20. The molecule has 1 unspecified atom stereocenters. The minimum atomic E-state index is -0.747. The molecule has 0 radical (unpaired) electrons. The third-order valence-electron chi connectivity index (χ3n) is 6.37. The first-order valence-electron chi connectivity index (χ1n) is 11.8. The summed E-state index contributed by atoms with van der Waals surface area (Å²) in [6.07, 6.45) is 4.17. The highest BCUT2D eigenvalue weighted by Gasteiger charge is 2.28. The van der Waals surface area contributed by atoms with Crippen LogP contribution in [0.4, 0.5) is 4.79 Å². The van der Waals surface area contributed by atoms with E-state index in [1.807, 2.05) is 66.2 Å². The van der Waals surface area contributed by atoms with Gasteiger partial charge in [-0.15, -0.1) is 0 Å². The predicted octanol–water partition coefficient (Wildman–Crippen LogP) is 4.88. The molecule has 2 atom stereocenters. The molecular formula is C27H31N3O5. The number of aromatic nitrogens is 2. The summed E-state index contributed by atoms with van der Waals surface area (Å²) < 4.78 is 13.5. The molecule has 184 valence electrons. The van der Waals surface area contributed by atoms with Crippen LogP contribution in [-0.2, 0) is 29.7 Å². The zero-order valence-corrected chi connectivity index (χ0v) is 20.1. The van der Waals surface area contributed by atoms with Crippen LogP contribution in [0.5, 0.6) is 5.75 Å². The monoisotopic (exact) mass is 477 g/mol. The molecule has 2 aromatic carbocycles. The van der Waals surface area contributed by atoms with E-state index in [2.05, 4.69) is 4.98 Å². The van der Waals surface area contributed by atoms with Crippen molar-refractivity contribution >= 4 is 12.1 Å². The Hall–Kier alpha value is -3.81. The van der Waals surface area contributed by atoms with Gasteiger partial charge in [0, 0.05) is 26.2 Å². The standard InChI is InChI=1S/C27H31N3O5/c1-29(16-19-7-4-3-5-8-19)27(33)34-17-24-25(28-18-30(24)2)20-11-13-22(14-12-20)35-23-10-6-9-21(15-23)26(31)32/h3-5,7-8,11-14,18,21,23H,6,9-10,15-17H2,1-2H3,(H,31,32)/t21-,23?/m0/s1. The first-order chi connectivity index (χ1) is 16.9. The van der Waals surface area contributed by atoms with Crippen LogP contribution in [0.3, 0.4) is 0 Å². The highest BCUT2D eigenvalue weighted by Crippen LogP contribution is 2.30. The maximum absolute atomic E-state index is 12.5. The summed E-state index contributed by atoms with van der Waals surface area (Å²) in [5.41, 5.74) is 3.44. The largest absolute Gasteiger partial charge is 0.490 e. The molecule has 1 aliphatic rings. The Morgan fingerprint density at radius 1 is 1.11 bits per heavy atom. The molecule has 1 aromatic heterocycles. The maximum Gasteiger partial charge on any atom is 0.410 e. The van der Waals surface area contributed by atoms with Crippen LogP contribution in [0.15, 0.2) is 60.9 Å². The van der Waals surface area contributed by atoms with Gasteiger partial charge in [-0.1, -0.05) is 30.3 Å². The summed E-state index contributed by atoms with van der Waals surface area (Å²) in [6.45, 7) is 0.564. The molecule has 1 fully saturated rings. The number of amides is 1. The van der Waals surface area contributed by atoms with Crippen molar-refractivity contribution in [1.29, 1.82) is 0 Å². The molecule has 0 spiro atoms. The summed E-state index contributed by atoms with van der Waals surface area (Å²) >= 11 is 0. The third-order valence-corrected chi connectivity index (χ3v) is 6.37. The van der Waals surface area contributed by atoms with E-state index in [-0.39, 0.29) is 18.6 Å². The summed E-state index contributed by atoms with van der Waals surface area (Å²) in [5.74, 6) is -0.377. The average molecular weight is 478 g/mol. The molecule has 3 aromatic rings. The van der Waals surface area contributed by atoms with Gasteiger partial charge < -0.3 is 24.0 Å². The van der Waals surface area contributed by atoms with Gasteiger partial charge in [0.1, 0.15) is 12.4 Å². The number of carbonyl (C=O) groups excluding carboxylic acids is 1. The molecule has 35 heavy (non-hydrogen) atoms. The molecule has 4 rings (SSSR count). The molecule has 0 saturated heterocycles. The number of carboxylic acid groups (broad SMARTS) is 1. The maximum atomic E-state index is 12.5. The van der Waals surface area contributed by atoms with E-state index in [9.17, 15) is 14.7 Å². The van der Waals surface area contributed by atoms with Gasteiger partial charge in [-0.25, -0.2) is 9.78 Å². The second kappa shape index (κ2) is 11.1. The minimum Gasteiger partial charge on any atom is -0.490 e. The number of hydrogen-bond acceptors (Lipinski definition) is 5. The number of ether oxygens (including phenoxy) is 2. The van der Waals surface area contributed by atoms with E-state index in [1.54, 1.807) is 13.4 Å². The fourth-order valence-corrected chi connectivity index (χ4v) is 4.39. The Bertz CT molecular complexity index is 1140. The van der Waals surface area contributed by atoms with Gasteiger partial charge in [0.15, 0.2) is 0 Å². The fourth-order valence-electron chi connectivity index (χ4n) is 4.39. The fraction of sp³-hybridized carbons (Fsp3) is 0.370. The lowest BCUT2D eigenvalue weighted by atomic mass is 9.87. The lowest BCUT2D eigenvalue weighted by Crippen LogP contribution is -2.29. The Kier molecular flexibility index (Phi) is 7.70. The van der Waals surface area contributed by atoms with Gasteiger partial charge in [-0.2, -0.15) is 0 Å². The van der Waals surface area contributed by atoms with E-state index >= 15 is 0 Å². The summed E-state index contributed by atoms with van der Waals surface area (Å²) in [5, 5.41) is 9.29. The van der Waals surface area contributed by atoms with Crippen LogP contribution < -0.4 is 4.74 Å². The molecule has 1 saturated carbocycles. The van der Waals surface area contributed by atoms with Crippen LogP contribution in [0.1, 0.15) is 36.9 Å². The van der Waals surface area contributed by atoms with Crippen LogP contribution >= 0.6 is 0 Å². The number of nitrogens with zero attached hydrogens (tertiary/aromatic N) is 3.